The molecular formula is C11H24N2O. The van der Waals surface area contributed by atoms with Crippen LogP contribution in [0, 0.1) is 0 Å². The molecule has 1 aliphatic heterocycles. The molecule has 1 aliphatic rings. The minimum atomic E-state index is -0.169. The van der Waals surface area contributed by atoms with Crippen LogP contribution in [0.2, 0.25) is 0 Å². The number of nitrogens with zero attached hydrogens (tertiary/aromatic N) is 1. The normalized spacial score (nSPS) is 21.0. The van der Waals surface area contributed by atoms with Crippen LogP contribution < -0.4 is 5.32 Å². The molecule has 1 rings (SSSR count). The first kappa shape index (κ1) is 12.0. The third-order valence-electron chi connectivity index (χ3n) is 2.79. The molecule has 0 aromatic heterocycles. The molecule has 0 saturated carbocycles. The fourth-order valence-corrected chi connectivity index (χ4v) is 1.86. The fourth-order valence-electron chi connectivity index (χ4n) is 1.86. The minimum Gasteiger partial charge on any atom is -0.393 e. The molecule has 0 aromatic rings. The molecular weight excluding hydrogens is 176 g/mol. The second kappa shape index (κ2) is 7.21. The van der Waals surface area contributed by atoms with Gasteiger partial charge in [-0.3, -0.25) is 0 Å². The van der Waals surface area contributed by atoms with E-state index in [1.165, 1.54) is 38.9 Å². The second-order valence-electron chi connectivity index (χ2n) is 4.29. The van der Waals surface area contributed by atoms with E-state index in [0.717, 1.165) is 19.5 Å². The van der Waals surface area contributed by atoms with Gasteiger partial charge in [0.25, 0.3) is 0 Å². The number of rotatable bonds is 6. The van der Waals surface area contributed by atoms with Crippen molar-refractivity contribution < 1.29 is 5.11 Å². The van der Waals surface area contributed by atoms with Crippen molar-refractivity contribution in [2.75, 3.05) is 32.7 Å². The summed E-state index contributed by atoms with van der Waals surface area (Å²) in [5.41, 5.74) is 0. The van der Waals surface area contributed by atoms with E-state index >= 15 is 0 Å². The quantitative estimate of drug-likeness (QED) is 0.624. The van der Waals surface area contributed by atoms with E-state index in [1.807, 2.05) is 6.92 Å². The Morgan fingerprint density at radius 2 is 1.93 bits per heavy atom. The summed E-state index contributed by atoms with van der Waals surface area (Å²) in [6.45, 7) is 7.56. The number of hydrogen-bond donors (Lipinski definition) is 2. The molecule has 3 nitrogen and oxygen atoms in total. The summed E-state index contributed by atoms with van der Waals surface area (Å²) in [7, 11) is 0. The zero-order valence-corrected chi connectivity index (χ0v) is 9.34. The van der Waals surface area contributed by atoms with E-state index in [4.69, 9.17) is 5.11 Å². The van der Waals surface area contributed by atoms with Crippen LogP contribution in [0.25, 0.3) is 0 Å². The first-order valence-electron chi connectivity index (χ1n) is 5.90. The van der Waals surface area contributed by atoms with Crippen LogP contribution in [0.5, 0.6) is 0 Å². The Morgan fingerprint density at radius 3 is 2.57 bits per heavy atom. The SMILES string of the molecule is CC(O)CCNCCN1CCCCC1. The number of piperidine rings is 1. The standard InChI is InChI=1S/C11H24N2O/c1-11(14)5-6-12-7-10-13-8-3-2-4-9-13/h11-12,14H,2-10H2,1H3. The number of aliphatic hydroxyl groups excluding tert-OH is 1. The lowest BCUT2D eigenvalue weighted by Crippen LogP contribution is -2.36. The van der Waals surface area contributed by atoms with Crippen LogP contribution in [0.1, 0.15) is 32.6 Å². The summed E-state index contributed by atoms with van der Waals surface area (Å²) in [6.07, 6.45) is 4.84. The van der Waals surface area contributed by atoms with Crippen LogP contribution in [0.4, 0.5) is 0 Å². The first-order chi connectivity index (χ1) is 6.79. The summed E-state index contributed by atoms with van der Waals surface area (Å²) in [6, 6.07) is 0. The zero-order valence-electron chi connectivity index (χ0n) is 9.34. The lowest BCUT2D eigenvalue weighted by molar-refractivity contribution is 0.181. The van der Waals surface area contributed by atoms with Gasteiger partial charge in [0.15, 0.2) is 0 Å². The molecule has 0 amide bonds. The van der Waals surface area contributed by atoms with E-state index in [9.17, 15) is 0 Å². The molecule has 1 atom stereocenters. The van der Waals surface area contributed by atoms with Crippen LogP contribution in [-0.2, 0) is 0 Å². The highest BCUT2D eigenvalue weighted by Gasteiger charge is 2.08. The van der Waals surface area contributed by atoms with Gasteiger partial charge in [-0.15, -0.1) is 0 Å². The van der Waals surface area contributed by atoms with Crippen LogP contribution in [0.3, 0.4) is 0 Å². The van der Waals surface area contributed by atoms with Crippen molar-refractivity contribution >= 4 is 0 Å². The zero-order chi connectivity index (χ0) is 10.2. The minimum absolute atomic E-state index is 0.169. The maximum atomic E-state index is 9.05. The molecule has 1 saturated heterocycles. The molecule has 0 radical (unpaired) electrons. The molecule has 0 spiro atoms. The van der Waals surface area contributed by atoms with Crippen molar-refractivity contribution in [2.45, 2.75) is 38.7 Å². The Bertz CT molecular complexity index is 133. The maximum Gasteiger partial charge on any atom is 0.0524 e. The van der Waals surface area contributed by atoms with Crippen LogP contribution in [0.15, 0.2) is 0 Å². The lowest BCUT2D eigenvalue weighted by Gasteiger charge is -2.26. The molecule has 3 heteroatoms. The average molecular weight is 200 g/mol. The van der Waals surface area contributed by atoms with Gasteiger partial charge < -0.3 is 15.3 Å². The number of aliphatic hydroxyl groups is 1. The predicted octanol–water partition coefficient (Wildman–Crippen LogP) is 0.833. The van der Waals surface area contributed by atoms with E-state index in [1.54, 1.807) is 0 Å². The summed E-state index contributed by atoms with van der Waals surface area (Å²) in [5, 5.41) is 12.4. The van der Waals surface area contributed by atoms with Crippen molar-refractivity contribution in [3.63, 3.8) is 0 Å². The Labute approximate surface area is 87.5 Å². The van der Waals surface area contributed by atoms with Crippen molar-refractivity contribution in [1.29, 1.82) is 0 Å². The van der Waals surface area contributed by atoms with Gasteiger partial charge in [0.1, 0.15) is 0 Å². The van der Waals surface area contributed by atoms with Gasteiger partial charge >= 0.3 is 0 Å². The van der Waals surface area contributed by atoms with Crippen molar-refractivity contribution in [1.82, 2.24) is 10.2 Å². The fraction of sp³-hybridized carbons (Fsp3) is 1.00. The largest absolute Gasteiger partial charge is 0.393 e. The highest BCUT2D eigenvalue weighted by molar-refractivity contribution is 4.65. The number of likely N-dealkylation sites (tertiary alicyclic amines) is 1. The van der Waals surface area contributed by atoms with E-state index in [0.29, 0.717) is 0 Å². The average Bonchev–Trinajstić information content (AvgIpc) is 2.18. The van der Waals surface area contributed by atoms with Gasteiger partial charge in [0.2, 0.25) is 0 Å². The van der Waals surface area contributed by atoms with Gasteiger partial charge in [0.05, 0.1) is 6.10 Å². The number of nitrogens with one attached hydrogen (secondary N) is 1. The second-order valence-corrected chi connectivity index (χ2v) is 4.29. The summed E-state index contributed by atoms with van der Waals surface area (Å²) < 4.78 is 0. The third-order valence-corrected chi connectivity index (χ3v) is 2.79. The Morgan fingerprint density at radius 1 is 1.21 bits per heavy atom. The van der Waals surface area contributed by atoms with E-state index in [2.05, 4.69) is 10.2 Å². The Balaban J connectivity index is 1.87. The van der Waals surface area contributed by atoms with E-state index < -0.39 is 0 Å². The molecule has 1 fully saturated rings. The highest BCUT2D eigenvalue weighted by Crippen LogP contribution is 2.07. The summed E-state index contributed by atoms with van der Waals surface area (Å²) in [4.78, 5) is 2.53. The Hall–Kier alpha value is -0.120. The molecule has 0 aliphatic carbocycles. The monoisotopic (exact) mass is 200 g/mol. The highest BCUT2D eigenvalue weighted by atomic mass is 16.3. The topological polar surface area (TPSA) is 35.5 Å². The molecule has 84 valence electrons. The molecule has 1 heterocycles. The number of hydrogen-bond acceptors (Lipinski definition) is 3. The maximum absolute atomic E-state index is 9.05. The Kier molecular flexibility index (Phi) is 6.15. The molecule has 0 aromatic carbocycles. The predicted molar refractivity (Wildman–Crippen MR) is 59.5 cm³/mol. The van der Waals surface area contributed by atoms with Gasteiger partial charge in [-0.2, -0.15) is 0 Å². The van der Waals surface area contributed by atoms with Crippen molar-refractivity contribution in [3.05, 3.63) is 0 Å². The molecule has 0 bridgehead atoms. The van der Waals surface area contributed by atoms with Crippen LogP contribution >= 0.6 is 0 Å². The van der Waals surface area contributed by atoms with Gasteiger partial charge in [-0.05, 0) is 45.8 Å². The molecule has 1 unspecified atom stereocenters. The smallest absolute Gasteiger partial charge is 0.0524 e. The summed E-state index contributed by atoms with van der Waals surface area (Å²) in [5.74, 6) is 0. The first-order valence-corrected chi connectivity index (χ1v) is 5.90. The van der Waals surface area contributed by atoms with Crippen molar-refractivity contribution in [3.8, 4) is 0 Å². The van der Waals surface area contributed by atoms with Gasteiger partial charge in [-0.25, -0.2) is 0 Å². The van der Waals surface area contributed by atoms with Crippen molar-refractivity contribution in [2.24, 2.45) is 0 Å². The van der Waals surface area contributed by atoms with Gasteiger partial charge in [-0.1, -0.05) is 6.42 Å². The van der Waals surface area contributed by atoms with E-state index in [-0.39, 0.29) is 6.10 Å². The third kappa shape index (κ3) is 5.58. The molecule has 2 N–H and O–H groups in total. The van der Waals surface area contributed by atoms with Crippen LogP contribution in [-0.4, -0.2) is 48.8 Å². The molecule has 14 heavy (non-hydrogen) atoms. The van der Waals surface area contributed by atoms with Gasteiger partial charge in [0, 0.05) is 13.1 Å². The lowest BCUT2D eigenvalue weighted by atomic mass is 10.1. The summed E-state index contributed by atoms with van der Waals surface area (Å²) >= 11 is 0.